The topological polar surface area (TPSA) is 111 Å². The smallest absolute Gasteiger partial charge is 0.340 e. The molecule has 30 heavy (non-hydrogen) atoms. The van der Waals surface area contributed by atoms with Crippen LogP contribution in [0, 0.1) is 17.0 Å². The van der Waals surface area contributed by atoms with Gasteiger partial charge in [-0.25, -0.2) is 4.79 Å². The molecule has 8 nitrogen and oxygen atoms in total. The zero-order valence-electron chi connectivity index (χ0n) is 15.8. The number of esters is 1. The molecule has 3 rings (SSSR count). The Labute approximate surface area is 180 Å². The molecule has 1 aromatic heterocycles. The summed E-state index contributed by atoms with van der Waals surface area (Å²) in [5.74, 6) is -1.37. The van der Waals surface area contributed by atoms with Crippen molar-refractivity contribution in [3.8, 4) is 0 Å². The Hall–Kier alpha value is -3.23. The van der Waals surface area contributed by atoms with Crippen molar-refractivity contribution in [2.45, 2.75) is 20.0 Å². The van der Waals surface area contributed by atoms with E-state index in [9.17, 15) is 19.7 Å². The Kier molecular flexibility index (Phi) is 6.19. The maximum absolute atomic E-state index is 12.6. The van der Waals surface area contributed by atoms with E-state index in [2.05, 4.69) is 10.3 Å². The van der Waals surface area contributed by atoms with Crippen molar-refractivity contribution in [2.75, 3.05) is 5.32 Å². The fourth-order valence-electron chi connectivity index (χ4n) is 2.68. The standard InChI is InChI=1S/C20H15Cl2N3O5/c1-10-15(8-12-7-13(21)3-5-17(12)23-10)20(27)30-11(2)19(26)24-18-6-4-14(25(28)29)9-16(18)22/h3-9,11H,1-2H3,(H,24,26). The Morgan fingerprint density at radius 3 is 2.57 bits per heavy atom. The van der Waals surface area contributed by atoms with E-state index >= 15 is 0 Å². The molecule has 0 radical (unpaired) electrons. The number of pyridine rings is 1. The Balaban J connectivity index is 1.74. The van der Waals surface area contributed by atoms with Crippen LogP contribution in [0.15, 0.2) is 42.5 Å². The minimum atomic E-state index is -1.15. The number of halogens is 2. The van der Waals surface area contributed by atoms with Crippen LogP contribution in [0.1, 0.15) is 23.0 Å². The van der Waals surface area contributed by atoms with Gasteiger partial charge in [-0.15, -0.1) is 0 Å². The number of fused-ring (bicyclic) bond motifs is 1. The number of nitro benzene ring substituents is 1. The van der Waals surface area contributed by atoms with Crippen LogP contribution in [0.4, 0.5) is 11.4 Å². The molecule has 0 fully saturated rings. The zero-order chi connectivity index (χ0) is 22.0. The summed E-state index contributed by atoms with van der Waals surface area (Å²) in [7, 11) is 0. The molecule has 10 heteroatoms. The number of aryl methyl sites for hydroxylation is 1. The fraction of sp³-hybridized carbons (Fsp3) is 0.150. The van der Waals surface area contributed by atoms with Crippen molar-refractivity contribution in [2.24, 2.45) is 0 Å². The van der Waals surface area contributed by atoms with Crippen LogP contribution < -0.4 is 5.32 Å². The number of benzene rings is 2. The molecule has 154 valence electrons. The number of nitrogens with one attached hydrogen (secondary N) is 1. The van der Waals surface area contributed by atoms with Crippen molar-refractivity contribution in [3.63, 3.8) is 0 Å². The average Bonchev–Trinajstić information content (AvgIpc) is 2.68. The monoisotopic (exact) mass is 447 g/mol. The van der Waals surface area contributed by atoms with Gasteiger partial charge in [0.1, 0.15) is 0 Å². The second-order valence-corrected chi connectivity index (χ2v) is 7.26. The number of hydrogen-bond donors (Lipinski definition) is 1. The Bertz CT molecular complexity index is 1180. The number of anilines is 1. The van der Waals surface area contributed by atoms with Crippen LogP contribution in [-0.2, 0) is 9.53 Å². The summed E-state index contributed by atoms with van der Waals surface area (Å²) >= 11 is 12.0. The number of nitro groups is 1. The molecule has 2 aromatic carbocycles. The van der Waals surface area contributed by atoms with E-state index < -0.39 is 22.9 Å². The van der Waals surface area contributed by atoms with Gasteiger partial charge in [-0.1, -0.05) is 23.2 Å². The van der Waals surface area contributed by atoms with E-state index in [0.29, 0.717) is 21.6 Å². The SMILES string of the molecule is Cc1nc2ccc(Cl)cc2cc1C(=O)OC(C)C(=O)Nc1ccc([N+](=O)[O-])cc1Cl. The van der Waals surface area contributed by atoms with Crippen molar-refractivity contribution in [1.29, 1.82) is 0 Å². The van der Waals surface area contributed by atoms with Gasteiger partial charge in [-0.3, -0.25) is 19.9 Å². The molecule has 0 saturated heterocycles. The molecule has 0 aliphatic heterocycles. The van der Waals surface area contributed by atoms with Crippen molar-refractivity contribution < 1.29 is 19.2 Å². The molecule has 0 aliphatic rings. The lowest BCUT2D eigenvalue weighted by atomic mass is 10.1. The van der Waals surface area contributed by atoms with Crippen LogP contribution in [0.25, 0.3) is 10.9 Å². The summed E-state index contributed by atoms with van der Waals surface area (Å²) in [5.41, 5.74) is 1.27. The molecule has 0 spiro atoms. The molecule has 1 amide bonds. The van der Waals surface area contributed by atoms with Gasteiger partial charge in [0.05, 0.1) is 32.4 Å². The van der Waals surface area contributed by atoms with E-state index in [4.69, 9.17) is 27.9 Å². The first-order chi connectivity index (χ1) is 14.2. The van der Waals surface area contributed by atoms with E-state index in [1.54, 1.807) is 31.2 Å². The Morgan fingerprint density at radius 1 is 1.17 bits per heavy atom. The van der Waals surface area contributed by atoms with Gasteiger partial charge < -0.3 is 10.1 Å². The maximum atomic E-state index is 12.6. The summed E-state index contributed by atoms with van der Waals surface area (Å²) in [6.45, 7) is 3.05. The molecule has 1 atom stereocenters. The van der Waals surface area contributed by atoms with E-state index in [0.717, 1.165) is 6.07 Å². The first-order valence-corrected chi connectivity index (χ1v) is 9.44. The third-order valence-electron chi connectivity index (χ3n) is 4.26. The minimum absolute atomic E-state index is 0.0115. The van der Waals surface area contributed by atoms with E-state index in [1.807, 2.05) is 0 Å². The van der Waals surface area contributed by atoms with Crippen molar-refractivity contribution >= 4 is 57.4 Å². The summed E-state index contributed by atoms with van der Waals surface area (Å²) in [6, 6.07) is 10.3. The molecule has 1 unspecified atom stereocenters. The van der Waals surface area contributed by atoms with Gasteiger partial charge in [0, 0.05) is 22.5 Å². The maximum Gasteiger partial charge on any atom is 0.340 e. The Morgan fingerprint density at radius 2 is 1.90 bits per heavy atom. The highest BCUT2D eigenvalue weighted by molar-refractivity contribution is 6.34. The number of rotatable bonds is 5. The van der Waals surface area contributed by atoms with Crippen LogP contribution in [0.5, 0.6) is 0 Å². The molecular formula is C20H15Cl2N3O5. The van der Waals surface area contributed by atoms with Crippen LogP contribution in [0.2, 0.25) is 10.0 Å². The fourth-order valence-corrected chi connectivity index (χ4v) is 3.08. The number of aromatic nitrogens is 1. The third-order valence-corrected chi connectivity index (χ3v) is 4.81. The highest BCUT2D eigenvalue weighted by atomic mass is 35.5. The molecule has 0 saturated carbocycles. The van der Waals surface area contributed by atoms with Crippen LogP contribution >= 0.6 is 23.2 Å². The average molecular weight is 448 g/mol. The molecule has 3 aromatic rings. The second-order valence-electron chi connectivity index (χ2n) is 6.42. The first kappa shape index (κ1) is 21.5. The highest BCUT2D eigenvalue weighted by Crippen LogP contribution is 2.27. The third kappa shape index (κ3) is 4.67. The van der Waals surface area contributed by atoms with Gasteiger partial charge in [0.25, 0.3) is 11.6 Å². The van der Waals surface area contributed by atoms with E-state index in [1.165, 1.54) is 19.1 Å². The summed E-state index contributed by atoms with van der Waals surface area (Å²) in [6.07, 6.45) is -1.15. The summed E-state index contributed by atoms with van der Waals surface area (Å²) in [5, 5.41) is 14.4. The lowest BCUT2D eigenvalue weighted by molar-refractivity contribution is -0.384. The second kappa shape index (κ2) is 8.64. The number of nitrogens with zero attached hydrogens (tertiary/aromatic N) is 2. The molecule has 0 aliphatic carbocycles. The quantitative estimate of drug-likeness (QED) is 0.336. The van der Waals surface area contributed by atoms with Gasteiger partial charge in [-0.2, -0.15) is 0 Å². The zero-order valence-corrected chi connectivity index (χ0v) is 17.3. The predicted octanol–water partition coefficient (Wildman–Crippen LogP) is 4.94. The van der Waals surface area contributed by atoms with Crippen LogP contribution in [-0.4, -0.2) is 27.9 Å². The number of non-ortho nitro benzene ring substituents is 1. The molecule has 0 bridgehead atoms. The summed E-state index contributed by atoms with van der Waals surface area (Å²) in [4.78, 5) is 39.5. The van der Waals surface area contributed by atoms with Crippen molar-refractivity contribution in [1.82, 2.24) is 4.98 Å². The van der Waals surface area contributed by atoms with Gasteiger partial charge in [-0.05, 0) is 44.2 Å². The summed E-state index contributed by atoms with van der Waals surface area (Å²) < 4.78 is 5.26. The van der Waals surface area contributed by atoms with Gasteiger partial charge >= 0.3 is 5.97 Å². The number of carbonyl (C=O) groups is 2. The molecular weight excluding hydrogens is 433 g/mol. The largest absolute Gasteiger partial charge is 0.449 e. The number of ether oxygens (including phenoxy) is 1. The van der Waals surface area contributed by atoms with Crippen molar-refractivity contribution in [3.05, 3.63) is 73.9 Å². The molecule has 1 N–H and O–H groups in total. The lowest BCUT2D eigenvalue weighted by Crippen LogP contribution is -2.30. The highest BCUT2D eigenvalue weighted by Gasteiger charge is 2.22. The van der Waals surface area contributed by atoms with Gasteiger partial charge in [0.15, 0.2) is 6.10 Å². The lowest BCUT2D eigenvalue weighted by Gasteiger charge is -2.15. The van der Waals surface area contributed by atoms with E-state index in [-0.39, 0.29) is 22.0 Å². The number of amides is 1. The molecule has 1 heterocycles. The number of hydrogen-bond acceptors (Lipinski definition) is 6. The minimum Gasteiger partial charge on any atom is -0.449 e. The normalized spacial score (nSPS) is 11.7. The van der Waals surface area contributed by atoms with Crippen LogP contribution in [0.3, 0.4) is 0 Å². The predicted molar refractivity (Wildman–Crippen MR) is 113 cm³/mol. The first-order valence-electron chi connectivity index (χ1n) is 8.68. The number of carbonyl (C=O) groups excluding carboxylic acids is 2. The van der Waals surface area contributed by atoms with Gasteiger partial charge in [0.2, 0.25) is 0 Å².